The molecule has 0 bridgehead atoms. The number of carbonyl (C=O) groups excluding carboxylic acids is 1. The van der Waals surface area contributed by atoms with Gasteiger partial charge < -0.3 is 14.4 Å². The zero-order valence-electron chi connectivity index (χ0n) is 17.8. The summed E-state index contributed by atoms with van der Waals surface area (Å²) in [4.78, 5) is 29.0. The molecule has 5 aromatic rings. The molecule has 10 nitrogen and oxygen atoms in total. The van der Waals surface area contributed by atoms with Crippen LogP contribution in [0.15, 0.2) is 59.6 Å². The molecule has 0 radical (unpaired) electrons. The van der Waals surface area contributed by atoms with Gasteiger partial charge in [0.25, 0.3) is 5.91 Å². The first-order chi connectivity index (χ1) is 16.2. The summed E-state index contributed by atoms with van der Waals surface area (Å²) in [6.45, 7) is 2.57. The second-order valence-corrected chi connectivity index (χ2v) is 8.05. The van der Waals surface area contributed by atoms with Crippen LogP contribution in [-0.4, -0.2) is 52.5 Å². The third kappa shape index (κ3) is 3.27. The Labute approximate surface area is 188 Å². The number of rotatable bonds is 4. The van der Waals surface area contributed by atoms with E-state index in [4.69, 9.17) is 4.52 Å². The maximum atomic E-state index is 13.7. The van der Waals surface area contributed by atoms with Crippen LogP contribution in [-0.2, 0) is 0 Å². The molecule has 0 spiro atoms. The van der Waals surface area contributed by atoms with E-state index in [2.05, 4.69) is 30.3 Å². The molecule has 10 heteroatoms. The van der Waals surface area contributed by atoms with E-state index in [9.17, 15) is 4.79 Å². The summed E-state index contributed by atoms with van der Waals surface area (Å²) < 4.78 is 5.66. The lowest BCUT2D eigenvalue weighted by Gasteiger charge is -2.23. The van der Waals surface area contributed by atoms with Crippen LogP contribution in [0.5, 0.6) is 0 Å². The molecule has 164 valence electrons. The topological polar surface area (TPSA) is 119 Å². The van der Waals surface area contributed by atoms with E-state index >= 15 is 0 Å². The molecule has 33 heavy (non-hydrogen) atoms. The number of aromatic amines is 1. The van der Waals surface area contributed by atoms with Crippen molar-refractivity contribution in [2.24, 2.45) is 0 Å². The molecule has 1 saturated heterocycles. The Morgan fingerprint density at radius 3 is 2.91 bits per heavy atom. The molecule has 1 N–H and O–H groups in total. The standard InChI is InChI=1S/C23H20N8O2/c1-14-4-5-18(31-26-10-11-27-31)17(13-14)23(32)30-12-2-3-19(30)22-28-21(29-33-22)16-7-9-25-20-15(16)6-8-24-20/h4-11,13,19H,2-3,12H2,1H3,(H,24,25). The zero-order valence-corrected chi connectivity index (χ0v) is 17.8. The minimum Gasteiger partial charge on any atom is -0.346 e. The van der Waals surface area contributed by atoms with E-state index in [0.29, 0.717) is 29.5 Å². The SMILES string of the molecule is Cc1ccc(-n2nccn2)c(C(=O)N2CCCC2c2nc(-c3ccnc4[nH]ccc34)no2)c1. The number of aryl methyl sites for hydroxylation is 1. The molecule has 6 rings (SSSR count). The average Bonchev–Trinajstić information content (AvgIpc) is 3.63. The van der Waals surface area contributed by atoms with Crippen LogP contribution in [0.3, 0.4) is 0 Å². The predicted octanol–water partition coefficient (Wildman–Crippen LogP) is 3.48. The molecular formula is C23H20N8O2. The van der Waals surface area contributed by atoms with Crippen molar-refractivity contribution in [3.63, 3.8) is 0 Å². The lowest BCUT2D eigenvalue weighted by atomic mass is 10.1. The Morgan fingerprint density at radius 2 is 2.03 bits per heavy atom. The maximum absolute atomic E-state index is 13.7. The van der Waals surface area contributed by atoms with Gasteiger partial charge in [-0.15, -0.1) is 0 Å². The summed E-state index contributed by atoms with van der Waals surface area (Å²) in [5, 5.41) is 13.5. The maximum Gasteiger partial charge on any atom is 0.256 e. The van der Waals surface area contributed by atoms with Crippen LogP contribution in [0.2, 0.25) is 0 Å². The number of carbonyl (C=O) groups is 1. The number of likely N-dealkylation sites (tertiary alicyclic amines) is 1. The number of nitrogens with zero attached hydrogens (tertiary/aromatic N) is 7. The van der Waals surface area contributed by atoms with Gasteiger partial charge in [-0.05, 0) is 44.0 Å². The largest absolute Gasteiger partial charge is 0.346 e. The molecule has 5 heterocycles. The highest BCUT2D eigenvalue weighted by molar-refractivity contribution is 5.98. The van der Waals surface area contributed by atoms with E-state index < -0.39 is 0 Å². The molecule has 0 aliphatic carbocycles. The molecule has 1 aliphatic heterocycles. The number of H-pyrrole nitrogens is 1. The number of pyridine rings is 1. The van der Waals surface area contributed by atoms with Gasteiger partial charge in [0.05, 0.1) is 23.6 Å². The van der Waals surface area contributed by atoms with Crippen LogP contribution >= 0.6 is 0 Å². The lowest BCUT2D eigenvalue weighted by molar-refractivity contribution is 0.0709. The van der Waals surface area contributed by atoms with Crippen LogP contribution in [0.4, 0.5) is 0 Å². The first-order valence-corrected chi connectivity index (χ1v) is 10.7. The summed E-state index contributed by atoms with van der Waals surface area (Å²) in [6, 6.07) is 9.18. The van der Waals surface area contributed by atoms with E-state index in [-0.39, 0.29) is 11.9 Å². The molecule has 1 amide bonds. The van der Waals surface area contributed by atoms with Crippen molar-refractivity contribution < 1.29 is 9.32 Å². The molecule has 4 aromatic heterocycles. The Bertz CT molecular complexity index is 1450. The minimum absolute atomic E-state index is 0.106. The van der Waals surface area contributed by atoms with Gasteiger partial charge >= 0.3 is 0 Å². The molecule has 1 unspecified atom stereocenters. The summed E-state index contributed by atoms with van der Waals surface area (Å²) in [5.41, 5.74) is 3.76. The number of fused-ring (bicyclic) bond motifs is 1. The van der Waals surface area contributed by atoms with Gasteiger partial charge in [-0.3, -0.25) is 4.79 Å². The van der Waals surface area contributed by atoms with Crippen molar-refractivity contribution in [2.75, 3.05) is 6.54 Å². The van der Waals surface area contributed by atoms with Crippen LogP contribution in [0, 0.1) is 6.92 Å². The van der Waals surface area contributed by atoms with E-state index in [1.165, 1.54) is 4.80 Å². The smallest absolute Gasteiger partial charge is 0.256 e. The van der Waals surface area contributed by atoms with Crippen molar-refractivity contribution in [3.8, 4) is 17.1 Å². The first-order valence-electron chi connectivity index (χ1n) is 10.7. The fourth-order valence-electron chi connectivity index (χ4n) is 4.39. The average molecular weight is 440 g/mol. The molecule has 1 atom stereocenters. The molecule has 1 aromatic carbocycles. The van der Waals surface area contributed by atoms with Crippen molar-refractivity contribution in [1.82, 2.24) is 40.0 Å². The van der Waals surface area contributed by atoms with Gasteiger partial charge in [-0.1, -0.05) is 16.8 Å². The molecular weight excluding hydrogens is 420 g/mol. The number of amides is 1. The third-order valence-electron chi connectivity index (χ3n) is 5.96. The summed E-state index contributed by atoms with van der Waals surface area (Å²) >= 11 is 0. The monoisotopic (exact) mass is 440 g/mol. The highest BCUT2D eigenvalue weighted by atomic mass is 16.5. The highest BCUT2D eigenvalue weighted by Gasteiger charge is 2.36. The Balaban J connectivity index is 1.34. The third-order valence-corrected chi connectivity index (χ3v) is 5.96. The fraction of sp³-hybridized carbons (Fsp3) is 0.217. The van der Waals surface area contributed by atoms with Gasteiger partial charge in [0.1, 0.15) is 11.7 Å². The summed E-state index contributed by atoms with van der Waals surface area (Å²) in [5.74, 6) is 0.807. The van der Waals surface area contributed by atoms with E-state index in [0.717, 1.165) is 35.0 Å². The van der Waals surface area contributed by atoms with Gasteiger partial charge in [0, 0.05) is 29.9 Å². The number of nitrogens with one attached hydrogen (secondary N) is 1. The van der Waals surface area contributed by atoms with E-state index in [1.54, 1.807) is 23.5 Å². The first kappa shape index (κ1) is 19.4. The van der Waals surface area contributed by atoms with Crippen molar-refractivity contribution in [3.05, 3.63) is 72.1 Å². The molecule has 1 fully saturated rings. The second kappa shape index (κ2) is 7.66. The number of hydrogen-bond acceptors (Lipinski definition) is 7. The van der Waals surface area contributed by atoms with Crippen molar-refractivity contribution in [1.29, 1.82) is 0 Å². The molecule has 1 aliphatic rings. The highest BCUT2D eigenvalue weighted by Crippen LogP contribution is 2.35. The van der Waals surface area contributed by atoms with Crippen LogP contribution < -0.4 is 0 Å². The second-order valence-electron chi connectivity index (χ2n) is 8.05. The van der Waals surface area contributed by atoms with Gasteiger partial charge in [-0.2, -0.15) is 20.0 Å². The van der Waals surface area contributed by atoms with Crippen molar-refractivity contribution in [2.45, 2.75) is 25.8 Å². The van der Waals surface area contributed by atoms with Crippen molar-refractivity contribution >= 4 is 16.9 Å². The lowest BCUT2D eigenvalue weighted by Crippen LogP contribution is -2.31. The Morgan fingerprint density at radius 1 is 1.15 bits per heavy atom. The summed E-state index contributed by atoms with van der Waals surface area (Å²) in [7, 11) is 0. The zero-order chi connectivity index (χ0) is 22.4. The van der Waals surface area contributed by atoms with Crippen LogP contribution in [0.1, 0.15) is 40.7 Å². The predicted molar refractivity (Wildman–Crippen MR) is 118 cm³/mol. The number of aromatic nitrogens is 7. The quantitative estimate of drug-likeness (QED) is 0.454. The van der Waals surface area contributed by atoms with E-state index in [1.807, 2.05) is 43.5 Å². The normalized spacial score (nSPS) is 16.0. The fourth-order valence-corrected chi connectivity index (χ4v) is 4.39. The van der Waals surface area contributed by atoms with Crippen LogP contribution in [0.25, 0.3) is 28.1 Å². The minimum atomic E-state index is -0.291. The molecule has 0 saturated carbocycles. The number of hydrogen-bond donors (Lipinski definition) is 1. The number of benzene rings is 1. The van der Waals surface area contributed by atoms with Gasteiger partial charge in [0.15, 0.2) is 0 Å². The Hall–Kier alpha value is -4.34. The summed E-state index contributed by atoms with van der Waals surface area (Å²) in [6.07, 6.45) is 8.32. The Kier molecular flexibility index (Phi) is 4.49. The van der Waals surface area contributed by atoms with Gasteiger partial charge in [-0.25, -0.2) is 4.98 Å². The van der Waals surface area contributed by atoms with Gasteiger partial charge in [0.2, 0.25) is 11.7 Å².